The molecule has 1 heterocycles. The van der Waals surface area contributed by atoms with Gasteiger partial charge in [0.2, 0.25) is 0 Å². The molecule has 0 amide bonds. The molecule has 4 aliphatic rings. The van der Waals surface area contributed by atoms with Crippen LogP contribution in [0.2, 0.25) is 0 Å². The predicted octanol–water partition coefficient (Wildman–Crippen LogP) is 14.8. The highest BCUT2D eigenvalue weighted by atomic mass is 14.7. The number of nitrogens with zero attached hydrogens (tertiary/aromatic N) is 1. The van der Waals surface area contributed by atoms with E-state index < -0.39 is 0 Å². The number of aromatic nitrogens is 1. The van der Waals surface area contributed by atoms with E-state index in [1.165, 1.54) is 108 Å². The Balaban J connectivity index is 0.000000163. The molecule has 1 aromatic carbocycles. The maximum Gasteiger partial charge on any atom is 0.0439 e. The number of pyridine rings is 1. The van der Waals surface area contributed by atoms with Gasteiger partial charge in [-0.15, -0.1) is 0 Å². The third kappa shape index (κ3) is 12.3. The van der Waals surface area contributed by atoms with Crippen molar-refractivity contribution in [1.29, 1.82) is 0 Å². The summed E-state index contributed by atoms with van der Waals surface area (Å²) in [6.07, 6.45) is 31.5. The van der Waals surface area contributed by atoms with Crippen LogP contribution in [-0.2, 0) is 0 Å². The van der Waals surface area contributed by atoms with Gasteiger partial charge in [0.05, 0.1) is 0 Å². The first kappa shape index (κ1) is 39.2. The van der Waals surface area contributed by atoms with Crippen molar-refractivity contribution in [3.05, 3.63) is 66.0 Å². The minimum atomic E-state index is 0.668. The zero-order valence-electron chi connectivity index (χ0n) is 32.6. The van der Waals surface area contributed by atoms with Crippen molar-refractivity contribution in [2.24, 2.45) is 47.3 Å². The highest BCUT2D eigenvalue weighted by Gasteiger charge is 2.33. The molecule has 4 aliphatic carbocycles. The molecule has 0 aliphatic heterocycles. The molecule has 0 bridgehead atoms. The summed E-state index contributed by atoms with van der Waals surface area (Å²) in [6.45, 7) is 14.4. The highest BCUT2D eigenvalue weighted by molar-refractivity contribution is 5.21. The molecular formula is C47H77N. The third-order valence-corrected chi connectivity index (χ3v) is 13.1. The monoisotopic (exact) mass is 656 g/mol. The van der Waals surface area contributed by atoms with Gasteiger partial charge in [0.25, 0.3) is 0 Å². The van der Waals surface area contributed by atoms with E-state index in [9.17, 15) is 0 Å². The van der Waals surface area contributed by atoms with Crippen molar-refractivity contribution in [2.45, 2.75) is 182 Å². The van der Waals surface area contributed by atoms with Crippen LogP contribution < -0.4 is 0 Å². The van der Waals surface area contributed by atoms with Crippen LogP contribution in [0, 0.1) is 47.3 Å². The Labute approximate surface area is 299 Å². The zero-order chi connectivity index (χ0) is 34.1. The quantitative estimate of drug-likeness (QED) is 0.262. The first-order valence-electron chi connectivity index (χ1n) is 21.3. The van der Waals surface area contributed by atoms with Crippen LogP contribution in [0.1, 0.15) is 193 Å². The molecule has 0 N–H and O–H groups in total. The number of rotatable bonds is 9. The van der Waals surface area contributed by atoms with Crippen LogP contribution in [0.4, 0.5) is 0 Å². The minimum absolute atomic E-state index is 0.668. The summed E-state index contributed by atoms with van der Waals surface area (Å²) in [5.74, 6) is 8.85. The first-order valence-corrected chi connectivity index (χ1v) is 21.3. The molecule has 0 radical (unpaired) electrons. The Morgan fingerprint density at radius 2 is 0.812 bits per heavy atom. The molecule has 4 saturated carbocycles. The predicted molar refractivity (Wildman–Crippen MR) is 210 cm³/mol. The number of benzene rings is 1. The van der Waals surface area contributed by atoms with Gasteiger partial charge in [-0.05, 0) is 96.6 Å². The Morgan fingerprint density at radius 1 is 0.417 bits per heavy atom. The van der Waals surface area contributed by atoms with Gasteiger partial charge in [0.15, 0.2) is 0 Å². The van der Waals surface area contributed by atoms with Crippen LogP contribution in [0.5, 0.6) is 0 Å². The van der Waals surface area contributed by atoms with E-state index in [0.717, 1.165) is 47.3 Å². The average molecular weight is 656 g/mol. The van der Waals surface area contributed by atoms with E-state index in [2.05, 4.69) is 89.0 Å². The summed E-state index contributed by atoms with van der Waals surface area (Å²) in [7, 11) is 0. The van der Waals surface area contributed by atoms with Crippen LogP contribution in [-0.4, -0.2) is 4.98 Å². The van der Waals surface area contributed by atoms with Crippen LogP contribution >= 0.6 is 0 Å². The normalized spacial score (nSPS) is 21.8. The topological polar surface area (TPSA) is 12.9 Å². The second-order valence-electron chi connectivity index (χ2n) is 17.6. The molecule has 2 atom stereocenters. The molecule has 1 nitrogen and oxygen atoms in total. The van der Waals surface area contributed by atoms with Crippen molar-refractivity contribution >= 4 is 0 Å². The maximum absolute atomic E-state index is 4.58. The lowest BCUT2D eigenvalue weighted by Crippen LogP contribution is -2.31. The van der Waals surface area contributed by atoms with Crippen LogP contribution in [0.15, 0.2) is 54.7 Å². The second-order valence-corrected chi connectivity index (χ2v) is 17.6. The van der Waals surface area contributed by atoms with E-state index in [4.69, 9.17) is 0 Å². The fraction of sp³-hybridized carbons (Fsp3) is 0.766. The van der Waals surface area contributed by atoms with Crippen LogP contribution in [0.3, 0.4) is 0 Å². The Hall–Kier alpha value is -1.63. The molecule has 2 unspecified atom stereocenters. The van der Waals surface area contributed by atoms with E-state index >= 15 is 0 Å². The molecule has 48 heavy (non-hydrogen) atoms. The second kappa shape index (κ2) is 21.6. The van der Waals surface area contributed by atoms with Gasteiger partial charge in [0, 0.05) is 17.8 Å². The summed E-state index contributed by atoms with van der Waals surface area (Å²) in [5, 5.41) is 0. The Bertz CT molecular complexity index is 965. The van der Waals surface area contributed by atoms with Crippen molar-refractivity contribution in [1.82, 2.24) is 4.98 Å². The molecule has 270 valence electrons. The summed E-state index contributed by atoms with van der Waals surface area (Å²) < 4.78 is 0. The van der Waals surface area contributed by atoms with E-state index in [1.807, 2.05) is 12.3 Å². The highest BCUT2D eigenvalue weighted by Crippen LogP contribution is 2.44. The maximum atomic E-state index is 4.58. The van der Waals surface area contributed by atoms with Gasteiger partial charge < -0.3 is 0 Å². The fourth-order valence-corrected chi connectivity index (χ4v) is 11.1. The van der Waals surface area contributed by atoms with Gasteiger partial charge in [-0.1, -0.05) is 181 Å². The molecule has 4 fully saturated rings. The molecule has 0 saturated heterocycles. The van der Waals surface area contributed by atoms with Gasteiger partial charge in [-0.3, -0.25) is 4.98 Å². The molecule has 6 rings (SSSR count). The lowest BCUT2D eigenvalue weighted by molar-refractivity contribution is 0.102. The summed E-state index contributed by atoms with van der Waals surface area (Å²) in [5.41, 5.74) is 2.87. The van der Waals surface area contributed by atoms with Crippen molar-refractivity contribution < 1.29 is 0 Å². The van der Waals surface area contributed by atoms with Gasteiger partial charge in [-0.25, -0.2) is 0 Å². The largest absolute Gasteiger partial charge is 0.261 e. The summed E-state index contributed by atoms with van der Waals surface area (Å²) in [6, 6.07) is 17.5. The Morgan fingerprint density at radius 3 is 1.19 bits per heavy atom. The van der Waals surface area contributed by atoms with Crippen molar-refractivity contribution in [3.63, 3.8) is 0 Å². The van der Waals surface area contributed by atoms with E-state index in [-0.39, 0.29) is 0 Å². The number of hydrogen-bond donors (Lipinski definition) is 0. The smallest absolute Gasteiger partial charge is 0.0439 e. The van der Waals surface area contributed by atoms with Crippen molar-refractivity contribution in [3.8, 4) is 0 Å². The number of hydrogen-bond acceptors (Lipinski definition) is 1. The SMILES string of the molecule is CC(C)C(C1CCCCC1)C1CCCCC1.CC(C)C(c1ccccc1)C1CCCCC1.CC(C)C(c1ccccn1)C1CCCCC1. The molecule has 2 aromatic rings. The lowest BCUT2D eigenvalue weighted by Gasteiger charge is -2.40. The minimum Gasteiger partial charge on any atom is -0.261 e. The Kier molecular flexibility index (Phi) is 17.6. The lowest BCUT2D eigenvalue weighted by atomic mass is 9.65. The standard InChI is InChI=1S/C16H30.C16H24.C15H23N/c2*1-13(2)16(14-9-5-3-6-10-14)15-11-7-4-8-12-15;1-12(2)15(13-8-4-3-5-9-13)14-10-6-7-11-16-14/h13-16H,3-12H2,1-2H3;3,5-6,9-10,13,15-16H,4,7-8,11-12H2,1-2H3;6-7,10-13,15H,3-5,8-9H2,1-2H3. The van der Waals surface area contributed by atoms with E-state index in [1.54, 1.807) is 31.2 Å². The summed E-state index contributed by atoms with van der Waals surface area (Å²) in [4.78, 5) is 4.58. The van der Waals surface area contributed by atoms with Crippen LogP contribution in [0.25, 0.3) is 0 Å². The molecule has 1 heteroatoms. The molecular weight excluding hydrogens is 579 g/mol. The molecule has 1 aromatic heterocycles. The summed E-state index contributed by atoms with van der Waals surface area (Å²) >= 11 is 0. The third-order valence-electron chi connectivity index (χ3n) is 13.1. The van der Waals surface area contributed by atoms with Gasteiger partial charge in [0.1, 0.15) is 0 Å². The molecule has 0 spiro atoms. The van der Waals surface area contributed by atoms with E-state index in [0.29, 0.717) is 11.8 Å². The zero-order valence-corrected chi connectivity index (χ0v) is 32.6. The van der Waals surface area contributed by atoms with Gasteiger partial charge in [-0.2, -0.15) is 0 Å². The average Bonchev–Trinajstić information content (AvgIpc) is 3.12. The fourth-order valence-electron chi connectivity index (χ4n) is 11.1. The van der Waals surface area contributed by atoms with Gasteiger partial charge >= 0.3 is 0 Å². The first-order chi connectivity index (χ1) is 23.4. The van der Waals surface area contributed by atoms with Crippen molar-refractivity contribution in [2.75, 3.05) is 0 Å².